The molecule has 0 unspecified atom stereocenters. The van der Waals surface area contributed by atoms with Gasteiger partial charge in [-0.1, -0.05) is 24.3 Å². The molecule has 1 aromatic heterocycles. The summed E-state index contributed by atoms with van der Waals surface area (Å²) in [6, 6.07) is 14.7. The second-order valence-corrected chi connectivity index (χ2v) is 7.99. The molecule has 0 saturated carbocycles. The molecule has 1 fully saturated rings. The van der Waals surface area contributed by atoms with Gasteiger partial charge in [0.1, 0.15) is 0 Å². The maximum Gasteiger partial charge on any atom is 0.458 e. The molecule has 2 aliphatic rings. The summed E-state index contributed by atoms with van der Waals surface area (Å²) in [5.41, 5.74) is 2.95. The van der Waals surface area contributed by atoms with Crippen molar-refractivity contribution >= 4 is 12.8 Å². The molecule has 0 aliphatic carbocycles. The van der Waals surface area contributed by atoms with Crippen molar-refractivity contribution in [1.82, 2.24) is 4.98 Å². The maximum atomic E-state index is 6.25. The Bertz CT molecular complexity index is 747. The van der Waals surface area contributed by atoms with Gasteiger partial charge in [0.05, 0.1) is 22.9 Å². The van der Waals surface area contributed by atoms with Gasteiger partial charge in [0.2, 0.25) is 0 Å². The molecule has 1 N–H and O–H groups in total. The van der Waals surface area contributed by atoms with Crippen molar-refractivity contribution in [3.63, 3.8) is 0 Å². The first-order valence-electron chi connectivity index (χ1n) is 8.99. The predicted molar refractivity (Wildman–Crippen MR) is 101 cm³/mol. The normalized spacial score (nSPS) is 26.3. The van der Waals surface area contributed by atoms with Gasteiger partial charge in [0.15, 0.2) is 0 Å². The lowest BCUT2D eigenvalue weighted by atomic mass is 9.72. The van der Waals surface area contributed by atoms with E-state index in [4.69, 9.17) is 9.31 Å². The molecule has 3 heterocycles. The zero-order valence-electron chi connectivity index (χ0n) is 15.3. The van der Waals surface area contributed by atoms with E-state index in [1.807, 2.05) is 18.3 Å². The summed E-state index contributed by atoms with van der Waals surface area (Å²) in [7, 11) is -0.214. The Morgan fingerprint density at radius 3 is 2.36 bits per heavy atom. The van der Waals surface area contributed by atoms with E-state index in [2.05, 4.69) is 68.3 Å². The van der Waals surface area contributed by atoms with Gasteiger partial charge in [-0.25, -0.2) is 0 Å². The number of pyridine rings is 1. The fraction of sp³-hybridized carbons (Fsp3) is 0.450. The molecule has 0 bridgehead atoms. The van der Waals surface area contributed by atoms with E-state index < -0.39 is 0 Å². The first-order valence-corrected chi connectivity index (χ1v) is 8.99. The molecule has 2 aliphatic heterocycles. The zero-order valence-corrected chi connectivity index (χ0v) is 15.3. The minimum absolute atomic E-state index is 0.137. The van der Waals surface area contributed by atoms with Crippen LogP contribution in [0.2, 0.25) is 6.32 Å². The summed E-state index contributed by atoms with van der Waals surface area (Å²) in [6.45, 7) is 8.41. The van der Waals surface area contributed by atoms with Crippen LogP contribution >= 0.6 is 0 Å². The van der Waals surface area contributed by atoms with Crippen molar-refractivity contribution in [3.8, 4) is 0 Å². The molecule has 1 aromatic carbocycles. The van der Waals surface area contributed by atoms with Gasteiger partial charge in [0.25, 0.3) is 0 Å². The molecular weight excluding hydrogens is 311 g/mol. The summed E-state index contributed by atoms with van der Waals surface area (Å²) < 4.78 is 12.5. The van der Waals surface area contributed by atoms with Crippen molar-refractivity contribution < 1.29 is 9.31 Å². The molecule has 130 valence electrons. The quantitative estimate of drug-likeness (QED) is 0.843. The highest BCUT2D eigenvalue weighted by Gasteiger charge is 2.52. The van der Waals surface area contributed by atoms with Crippen LogP contribution < -0.4 is 5.32 Å². The van der Waals surface area contributed by atoms with Gasteiger partial charge < -0.3 is 14.6 Å². The fourth-order valence-corrected chi connectivity index (χ4v) is 3.77. The van der Waals surface area contributed by atoms with Crippen molar-refractivity contribution in [2.75, 3.05) is 5.32 Å². The third-order valence-electron chi connectivity index (χ3n) is 5.83. The summed E-state index contributed by atoms with van der Waals surface area (Å²) in [5, 5.41) is 3.64. The number of nitrogens with zero attached hydrogens (tertiary/aromatic N) is 1. The Hall–Kier alpha value is -1.85. The van der Waals surface area contributed by atoms with Crippen LogP contribution in [0.1, 0.15) is 50.9 Å². The first kappa shape index (κ1) is 16.6. The fourth-order valence-electron chi connectivity index (χ4n) is 3.77. The number of nitrogens with one attached hydrogen (secondary N) is 1. The monoisotopic (exact) mass is 336 g/mol. The van der Waals surface area contributed by atoms with E-state index in [1.54, 1.807) is 0 Å². The van der Waals surface area contributed by atoms with Crippen molar-refractivity contribution in [1.29, 1.82) is 0 Å². The van der Waals surface area contributed by atoms with Crippen molar-refractivity contribution in [2.24, 2.45) is 0 Å². The first-order chi connectivity index (χ1) is 11.9. The largest absolute Gasteiger partial charge is 0.458 e. The predicted octanol–water partition coefficient (Wildman–Crippen LogP) is 4.42. The standard InChI is InChI=1S/C20H25BN2O2/c1-19(2)20(3,4)25-21(24-19)13-15-14-9-5-6-10-16(14)23-18(15)17-11-7-8-12-22-17/h5-12,15,18,23H,13H2,1-4H3/t15-,18+/m1/s1. The smallest absolute Gasteiger partial charge is 0.403 e. The Morgan fingerprint density at radius 2 is 1.68 bits per heavy atom. The van der Waals surface area contributed by atoms with Crippen LogP contribution in [0.4, 0.5) is 5.69 Å². The van der Waals surface area contributed by atoms with Gasteiger partial charge in [-0.3, -0.25) is 4.98 Å². The van der Waals surface area contributed by atoms with Crippen LogP contribution in [0.15, 0.2) is 48.7 Å². The summed E-state index contributed by atoms with van der Waals surface area (Å²) >= 11 is 0. The molecule has 4 nitrogen and oxygen atoms in total. The topological polar surface area (TPSA) is 43.4 Å². The molecule has 4 rings (SSSR count). The molecule has 5 heteroatoms. The Balaban J connectivity index is 1.63. The van der Waals surface area contributed by atoms with E-state index in [0.29, 0.717) is 0 Å². The van der Waals surface area contributed by atoms with Gasteiger partial charge in [-0.05, 0) is 57.8 Å². The Labute approximate surface area is 150 Å². The molecule has 0 amide bonds. The van der Waals surface area contributed by atoms with Crippen LogP contribution in [0.3, 0.4) is 0 Å². The Kier molecular flexibility index (Phi) is 3.89. The summed E-state index contributed by atoms with van der Waals surface area (Å²) in [5.74, 6) is 0.265. The lowest BCUT2D eigenvalue weighted by Gasteiger charge is -2.32. The average molecular weight is 336 g/mol. The van der Waals surface area contributed by atoms with Crippen LogP contribution in [-0.2, 0) is 9.31 Å². The van der Waals surface area contributed by atoms with E-state index >= 15 is 0 Å². The zero-order chi connectivity index (χ0) is 17.7. The molecule has 25 heavy (non-hydrogen) atoms. The molecular formula is C20H25BN2O2. The second kappa shape index (κ2) is 5.85. The third kappa shape index (κ3) is 2.85. The van der Waals surface area contributed by atoms with E-state index in [-0.39, 0.29) is 30.3 Å². The van der Waals surface area contributed by atoms with Gasteiger partial charge in [0, 0.05) is 17.8 Å². The minimum atomic E-state index is -0.302. The number of aromatic nitrogens is 1. The van der Waals surface area contributed by atoms with Crippen LogP contribution in [0.25, 0.3) is 0 Å². The van der Waals surface area contributed by atoms with Crippen LogP contribution in [0, 0.1) is 0 Å². The van der Waals surface area contributed by atoms with E-state index in [9.17, 15) is 0 Å². The SMILES string of the molecule is CC1(C)OB(C[C@@H]2c3ccccc3N[C@@H]2c2ccccn2)OC1(C)C. The molecule has 0 spiro atoms. The molecule has 0 radical (unpaired) electrons. The molecule has 1 saturated heterocycles. The van der Waals surface area contributed by atoms with Crippen LogP contribution in [0.5, 0.6) is 0 Å². The van der Waals surface area contributed by atoms with E-state index in [1.165, 1.54) is 11.3 Å². The summed E-state index contributed by atoms with van der Waals surface area (Å²) in [4.78, 5) is 4.58. The molecule has 2 atom stereocenters. The maximum absolute atomic E-state index is 6.25. The highest BCUT2D eigenvalue weighted by atomic mass is 16.7. The van der Waals surface area contributed by atoms with Gasteiger partial charge in [-0.2, -0.15) is 0 Å². The van der Waals surface area contributed by atoms with Gasteiger partial charge >= 0.3 is 7.12 Å². The van der Waals surface area contributed by atoms with Crippen molar-refractivity contribution in [2.45, 2.75) is 57.2 Å². The number of anilines is 1. The number of benzene rings is 1. The number of fused-ring (bicyclic) bond motifs is 1. The Morgan fingerprint density at radius 1 is 1.00 bits per heavy atom. The third-order valence-corrected chi connectivity index (χ3v) is 5.83. The number of hydrogen-bond acceptors (Lipinski definition) is 4. The van der Waals surface area contributed by atoms with Crippen molar-refractivity contribution in [3.05, 3.63) is 59.9 Å². The number of para-hydroxylation sites is 1. The highest BCUT2D eigenvalue weighted by molar-refractivity contribution is 6.45. The molecule has 2 aromatic rings. The number of rotatable bonds is 3. The van der Waals surface area contributed by atoms with Crippen LogP contribution in [-0.4, -0.2) is 23.3 Å². The summed E-state index contributed by atoms with van der Waals surface area (Å²) in [6.07, 6.45) is 2.66. The second-order valence-electron chi connectivity index (χ2n) is 7.99. The lowest BCUT2D eigenvalue weighted by molar-refractivity contribution is 0.00578. The number of hydrogen-bond donors (Lipinski definition) is 1. The average Bonchev–Trinajstić information content (AvgIpc) is 3.03. The minimum Gasteiger partial charge on any atom is -0.403 e. The highest BCUT2D eigenvalue weighted by Crippen LogP contribution is 2.48. The lowest BCUT2D eigenvalue weighted by Crippen LogP contribution is -2.41. The van der Waals surface area contributed by atoms with Gasteiger partial charge in [-0.15, -0.1) is 0 Å². The van der Waals surface area contributed by atoms with E-state index in [0.717, 1.165) is 12.0 Å².